The quantitative estimate of drug-likeness (QED) is 0.841. The molecule has 2 fully saturated rings. The second-order valence-corrected chi connectivity index (χ2v) is 6.99. The molecule has 2 aliphatic rings. The number of benzene rings is 1. The van der Waals surface area contributed by atoms with Crippen molar-refractivity contribution in [2.24, 2.45) is 5.92 Å². The SMILES string of the molecule is O=C(Nc1ccc(Cl)c(Br)c1)C1CC2CCCCC2N1. The van der Waals surface area contributed by atoms with Gasteiger partial charge in [-0.2, -0.15) is 0 Å². The summed E-state index contributed by atoms with van der Waals surface area (Å²) in [6.45, 7) is 0. The van der Waals surface area contributed by atoms with Gasteiger partial charge in [0.05, 0.1) is 11.1 Å². The lowest BCUT2D eigenvalue weighted by molar-refractivity contribution is -0.117. The normalized spacial score (nSPS) is 29.0. The van der Waals surface area contributed by atoms with E-state index in [1.807, 2.05) is 12.1 Å². The molecule has 0 radical (unpaired) electrons. The number of anilines is 1. The topological polar surface area (TPSA) is 41.1 Å². The Kier molecular flexibility index (Phi) is 4.34. The fourth-order valence-corrected chi connectivity index (χ4v) is 3.82. The predicted octanol–water partition coefficient (Wildman–Crippen LogP) is 3.96. The highest BCUT2D eigenvalue weighted by Gasteiger charge is 2.38. The van der Waals surface area contributed by atoms with E-state index in [0.717, 1.165) is 16.6 Å². The third kappa shape index (κ3) is 3.02. The van der Waals surface area contributed by atoms with Crippen LogP contribution in [0.4, 0.5) is 5.69 Å². The minimum absolute atomic E-state index is 0.0578. The molecule has 1 heterocycles. The van der Waals surface area contributed by atoms with Gasteiger partial charge in [-0.25, -0.2) is 0 Å². The number of hydrogen-bond donors (Lipinski definition) is 2. The Morgan fingerprint density at radius 3 is 2.90 bits per heavy atom. The first kappa shape index (κ1) is 14.4. The number of amides is 1. The molecule has 3 atom stereocenters. The maximum absolute atomic E-state index is 12.3. The van der Waals surface area contributed by atoms with Crippen LogP contribution in [-0.2, 0) is 4.79 Å². The number of carbonyl (C=O) groups excluding carboxylic acids is 1. The molecule has 1 aliphatic carbocycles. The molecule has 3 nitrogen and oxygen atoms in total. The summed E-state index contributed by atoms with van der Waals surface area (Å²) in [5, 5.41) is 7.11. The lowest BCUT2D eigenvalue weighted by Gasteiger charge is -2.24. The van der Waals surface area contributed by atoms with Crippen molar-refractivity contribution in [1.82, 2.24) is 5.32 Å². The van der Waals surface area contributed by atoms with E-state index in [4.69, 9.17) is 11.6 Å². The van der Waals surface area contributed by atoms with Gasteiger partial charge >= 0.3 is 0 Å². The molecular weight excluding hydrogens is 340 g/mol. The van der Waals surface area contributed by atoms with E-state index >= 15 is 0 Å². The maximum Gasteiger partial charge on any atom is 0.241 e. The molecule has 1 saturated heterocycles. The van der Waals surface area contributed by atoms with Gasteiger partial charge in [0.1, 0.15) is 0 Å². The Labute approximate surface area is 132 Å². The van der Waals surface area contributed by atoms with E-state index in [1.54, 1.807) is 6.07 Å². The van der Waals surface area contributed by atoms with Gasteiger partial charge in [0.2, 0.25) is 5.91 Å². The van der Waals surface area contributed by atoms with Gasteiger partial charge in [0, 0.05) is 16.2 Å². The summed E-state index contributed by atoms with van der Waals surface area (Å²) in [6.07, 6.45) is 6.02. The van der Waals surface area contributed by atoms with Gasteiger partial charge in [0.15, 0.2) is 0 Å². The number of fused-ring (bicyclic) bond motifs is 1. The third-order valence-corrected chi connectivity index (χ3v) is 5.58. The molecule has 3 unspecified atom stereocenters. The summed E-state index contributed by atoms with van der Waals surface area (Å²) in [6, 6.07) is 5.92. The zero-order valence-electron chi connectivity index (χ0n) is 11.2. The van der Waals surface area contributed by atoms with Crippen LogP contribution in [0.1, 0.15) is 32.1 Å². The summed E-state index contributed by atoms with van der Waals surface area (Å²) in [4.78, 5) is 12.3. The zero-order valence-corrected chi connectivity index (χ0v) is 13.5. The molecule has 2 N–H and O–H groups in total. The largest absolute Gasteiger partial charge is 0.325 e. The Hall–Kier alpha value is -0.580. The number of nitrogens with one attached hydrogen (secondary N) is 2. The van der Waals surface area contributed by atoms with Crippen molar-refractivity contribution in [2.75, 3.05) is 5.32 Å². The van der Waals surface area contributed by atoms with Crippen molar-refractivity contribution in [3.05, 3.63) is 27.7 Å². The average molecular weight is 358 g/mol. The van der Waals surface area contributed by atoms with Crippen LogP contribution in [0.3, 0.4) is 0 Å². The second kappa shape index (κ2) is 6.04. The van der Waals surface area contributed by atoms with Crippen LogP contribution in [0.2, 0.25) is 5.02 Å². The molecule has 108 valence electrons. The van der Waals surface area contributed by atoms with Gasteiger partial charge in [-0.1, -0.05) is 24.4 Å². The lowest BCUT2D eigenvalue weighted by Crippen LogP contribution is -2.39. The van der Waals surface area contributed by atoms with Crippen LogP contribution in [0.25, 0.3) is 0 Å². The Morgan fingerprint density at radius 1 is 1.35 bits per heavy atom. The fraction of sp³-hybridized carbons (Fsp3) is 0.533. The van der Waals surface area contributed by atoms with Crippen molar-refractivity contribution in [2.45, 2.75) is 44.2 Å². The maximum atomic E-state index is 12.3. The molecule has 0 aromatic heterocycles. The number of hydrogen-bond acceptors (Lipinski definition) is 2. The Balaban J connectivity index is 1.63. The molecular formula is C15H18BrClN2O. The van der Waals surface area contributed by atoms with E-state index < -0.39 is 0 Å². The first-order valence-electron chi connectivity index (χ1n) is 7.15. The van der Waals surface area contributed by atoms with Gasteiger partial charge < -0.3 is 10.6 Å². The summed E-state index contributed by atoms with van der Waals surface area (Å²) in [5.41, 5.74) is 0.781. The predicted molar refractivity (Wildman–Crippen MR) is 85.1 cm³/mol. The van der Waals surface area contributed by atoms with E-state index in [9.17, 15) is 4.79 Å². The van der Waals surface area contributed by atoms with Gasteiger partial charge in [0.25, 0.3) is 0 Å². The second-order valence-electron chi connectivity index (χ2n) is 5.72. The van der Waals surface area contributed by atoms with E-state index in [1.165, 1.54) is 25.7 Å². The first-order valence-corrected chi connectivity index (χ1v) is 8.32. The van der Waals surface area contributed by atoms with Crippen LogP contribution in [-0.4, -0.2) is 18.0 Å². The summed E-state index contributed by atoms with van der Waals surface area (Å²) < 4.78 is 0.796. The number of carbonyl (C=O) groups is 1. The molecule has 0 bridgehead atoms. The van der Waals surface area contributed by atoms with Crippen LogP contribution in [0, 0.1) is 5.92 Å². The molecule has 1 aromatic carbocycles. The van der Waals surface area contributed by atoms with Crippen molar-refractivity contribution in [3.8, 4) is 0 Å². The lowest BCUT2D eigenvalue weighted by atomic mass is 9.85. The van der Waals surface area contributed by atoms with E-state index in [0.29, 0.717) is 17.0 Å². The molecule has 3 rings (SSSR count). The molecule has 20 heavy (non-hydrogen) atoms. The minimum atomic E-state index is -0.0578. The van der Waals surface area contributed by atoms with Crippen LogP contribution in [0.15, 0.2) is 22.7 Å². The summed E-state index contributed by atoms with van der Waals surface area (Å²) in [7, 11) is 0. The zero-order chi connectivity index (χ0) is 14.1. The average Bonchev–Trinajstić information content (AvgIpc) is 2.87. The highest BCUT2D eigenvalue weighted by Crippen LogP contribution is 2.33. The van der Waals surface area contributed by atoms with Crippen LogP contribution < -0.4 is 10.6 Å². The third-order valence-electron chi connectivity index (χ3n) is 4.37. The first-order chi connectivity index (χ1) is 9.63. The van der Waals surface area contributed by atoms with Crippen molar-refractivity contribution >= 4 is 39.1 Å². The van der Waals surface area contributed by atoms with Crippen LogP contribution in [0.5, 0.6) is 0 Å². The molecule has 1 amide bonds. The van der Waals surface area contributed by atoms with Crippen molar-refractivity contribution < 1.29 is 4.79 Å². The molecule has 1 aliphatic heterocycles. The minimum Gasteiger partial charge on any atom is -0.325 e. The molecule has 1 saturated carbocycles. The highest BCUT2D eigenvalue weighted by molar-refractivity contribution is 9.10. The fourth-order valence-electron chi connectivity index (χ4n) is 3.32. The van der Waals surface area contributed by atoms with Gasteiger partial charge in [-0.05, 0) is 59.3 Å². The Morgan fingerprint density at radius 2 is 2.15 bits per heavy atom. The van der Waals surface area contributed by atoms with Crippen molar-refractivity contribution in [3.63, 3.8) is 0 Å². The summed E-state index contributed by atoms with van der Waals surface area (Å²) >= 11 is 9.33. The highest BCUT2D eigenvalue weighted by atomic mass is 79.9. The van der Waals surface area contributed by atoms with Crippen molar-refractivity contribution in [1.29, 1.82) is 0 Å². The molecule has 0 spiro atoms. The number of halogens is 2. The summed E-state index contributed by atoms with van der Waals surface area (Å²) in [5.74, 6) is 0.741. The van der Waals surface area contributed by atoms with E-state index in [2.05, 4.69) is 26.6 Å². The van der Waals surface area contributed by atoms with Crippen LogP contribution >= 0.6 is 27.5 Å². The van der Waals surface area contributed by atoms with E-state index in [-0.39, 0.29) is 11.9 Å². The smallest absolute Gasteiger partial charge is 0.241 e. The van der Waals surface area contributed by atoms with Gasteiger partial charge in [-0.3, -0.25) is 4.79 Å². The molecule has 5 heteroatoms. The standard InChI is InChI=1S/C15H18BrClN2O/c16-11-8-10(5-6-12(11)17)18-15(20)14-7-9-3-1-2-4-13(9)19-14/h5-6,8-9,13-14,19H,1-4,7H2,(H,18,20). The number of rotatable bonds is 2. The van der Waals surface area contributed by atoms with Gasteiger partial charge in [-0.15, -0.1) is 0 Å². The molecule has 1 aromatic rings. The monoisotopic (exact) mass is 356 g/mol. The Bertz CT molecular complexity index is 509.